The zero-order valence-corrected chi connectivity index (χ0v) is 14.7. The van der Waals surface area contributed by atoms with E-state index >= 15 is 0 Å². The monoisotopic (exact) mass is 380 g/mol. The highest BCUT2D eigenvalue weighted by Gasteiger charge is 2.30. The summed E-state index contributed by atoms with van der Waals surface area (Å²) in [6.07, 6.45) is -0.823. The summed E-state index contributed by atoms with van der Waals surface area (Å²) in [5.41, 5.74) is -0.744. The molecule has 0 aliphatic carbocycles. The number of ether oxygens (including phenoxy) is 1. The standard InChI is InChI=1S/C17H23F3N2O2.ClH/c18-17(19,20)14-2-1-3-15(12-14)24-11-10-22-16(23)5-4-13-6-8-21-9-7-13;/h1-3,12-13,21H,4-11H2,(H,22,23);1H. The van der Waals surface area contributed by atoms with Crippen molar-refractivity contribution in [1.82, 2.24) is 10.6 Å². The largest absolute Gasteiger partial charge is 0.492 e. The molecule has 1 aliphatic rings. The van der Waals surface area contributed by atoms with Gasteiger partial charge in [-0.15, -0.1) is 12.4 Å². The van der Waals surface area contributed by atoms with Crippen molar-refractivity contribution in [3.05, 3.63) is 29.8 Å². The van der Waals surface area contributed by atoms with Crippen molar-refractivity contribution >= 4 is 18.3 Å². The lowest BCUT2D eigenvalue weighted by atomic mass is 9.93. The van der Waals surface area contributed by atoms with Gasteiger partial charge in [0.15, 0.2) is 0 Å². The maximum Gasteiger partial charge on any atom is 0.416 e. The SMILES string of the molecule is Cl.O=C(CCC1CCNCC1)NCCOc1cccc(C(F)(F)F)c1. The molecule has 1 fully saturated rings. The highest BCUT2D eigenvalue weighted by Crippen LogP contribution is 2.31. The molecule has 25 heavy (non-hydrogen) atoms. The van der Waals surface area contributed by atoms with Crippen LogP contribution in [0.5, 0.6) is 5.75 Å². The molecular formula is C17H24ClF3N2O2. The van der Waals surface area contributed by atoms with Crippen molar-refractivity contribution in [1.29, 1.82) is 0 Å². The van der Waals surface area contributed by atoms with Crippen LogP contribution >= 0.6 is 12.4 Å². The molecule has 2 N–H and O–H groups in total. The van der Waals surface area contributed by atoms with E-state index in [0.29, 0.717) is 12.3 Å². The molecule has 0 saturated carbocycles. The molecule has 0 aromatic heterocycles. The van der Waals surface area contributed by atoms with Gasteiger partial charge in [-0.25, -0.2) is 0 Å². The van der Waals surface area contributed by atoms with Gasteiger partial charge >= 0.3 is 6.18 Å². The number of carbonyl (C=O) groups excluding carboxylic acids is 1. The topological polar surface area (TPSA) is 50.4 Å². The number of piperidine rings is 1. The molecule has 1 aromatic carbocycles. The van der Waals surface area contributed by atoms with Gasteiger partial charge in [-0.05, 0) is 56.5 Å². The minimum Gasteiger partial charge on any atom is -0.492 e. The summed E-state index contributed by atoms with van der Waals surface area (Å²) >= 11 is 0. The van der Waals surface area contributed by atoms with Gasteiger partial charge in [0.05, 0.1) is 12.1 Å². The summed E-state index contributed by atoms with van der Waals surface area (Å²) in [5.74, 6) is 0.702. The Morgan fingerprint density at radius 3 is 2.68 bits per heavy atom. The molecule has 1 heterocycles. The maximum atomic E-state index is 12.6. The lowest BCUT2D eigenvalue weighted by Crippen LogP contribution is -2.30. The Morgan fingerprint density at radius 2 is 2.00 bits per heavy atom. The van der Waals surface area contributed by atoms with Gasteiger partial charge in [0.2, 0.25) is 5.91 Å². The number of nitrogens with one attached hydrogen (secondary N) is 2. The molecular weight excluding hydrogens is 357 g/mol. The molecule has 4 nitrogen and oxygen atoms in total. The Kier molecular flexibility index (Phi) is 9.06. The molecule has 1 aliphatic heterocycles. The Labute approximate surface area is 151 Å². The van der Waals surface area contributed by atoms with Crippen LogP contribution < -0.4 is 15.4 Å². The molecule has 1 aromatic rings. The van der Waals surface area contributed by atoms with Crippen LogP contribution in [-0.4, -0.2) is 32.1 Å². The quantitative estimate of drug-likeness (QED) is 0.713. The van der Waals surface area contributed by atoms with Crippen LogP contribution in [0.15, 0.2) is 24.3 Å². The number of rotatable bonds is 7. The number of hydrogen-bond acceptors (Lipinski definition) is 3. The maximum absolute atomic E-state index is 12.6. The summed E-state index contributed by atoms with van der Waals surface area (Å²) in [6.45, 7) is 2.44. The zero-order valence-electron chi connectivity index (χ0n) is 13.9. The predicted molar refractivity (Wildman–Crippen MR) is 92.0 cm³/mol. The third-order valence-electron chi connectivity index (χ3n) is 4.09. The number of benzene rings is 1. The number of amides is 1. The van der Waals surface area contributed by atoms with Crippen molar-refractivity contribution in [2.24, 2.45) is 5.92 Å². The van der Waals surface area contributed by atoms with Crippen LogP contribution in [0.2, 0.25) is 0 Å². The van der Waals surface area contributed by atoms with E-state index in [9.17, 15) is 18.0 Å². The Bertz CT molecular complexity index is 535. The fourth-order valence-electron chi connectivity index (χ4n) is 2.72. The summed E-state index contributed by atoms with van der Waals surface area (Å²) in [4.78, 5) is 11.8. The molecule has 0 radical (unpaired) electrons. The van der Waals surface area contributed by atoms with Crippen LogP contribution in [0.3, 0.4) is 0 Å². The Morgan fingerprint density at radius 1 is 1.28 bits per heavy atom. The number of alkyl halides is 3. The zero-order chi connectivity index (χ0) is 17.4. The second kappa shape index (κ2) is 10.5. The number of halogens is 4. The molecule has 142 valence electrons. The first-order valence-electron chi connectivity index (χ1n) is 8.22. The van der Waals surface area contributed by atoms with E-state index in [1.165, 1.54) is 12.1 Å². The van der Waals surface area contributed by atoms with Crippen LogP contribution in [0.25, 0.3) is 0 Å². The van der Waals surface area contributed by atoms with Crippen LogP contribution in [0, 0.1) is 5.92 Å². The van der Waals surface area contributed by atoms with Gasteiger partial charge in [-0.3, -0.25) is 4.79 Å². The highest BCUT2D eigenvalue weighted by molar-refractivity contribution is 5.85. The van der Waals surface area contributed by atoms with Gasteiger partial charge in [0.1, 0.15) is 12.4 Å². The first-order valence-corrected chi connectivity index (χ1v) is 8.22. The van der Waals surface area contributed by atoms with Gasteiger partial charge < -0.3 is 15.4 Å². The molecule has 0 bridgehead atoms. The van der Waals surface area contributed by atoms with Crippen molar-refractivity contribution in [2.75, 3.05) is 26.2 Å². The first kappa shape index (κ1) is 21.6. The van der Waals surface area contributed by atoms with Gasteiger partial charge in [0.25, 0.3) is 0 Å². The third-order valence-corrected chi connectivity index (χ3v) is 4.09. The predicted octanol–water partition coefficient (Wildman–Crippen LogP) is 3.40. The molecule has 8 heteroatoms. The van der Waals surface area contributed by atoms with Crippen molar-refractivity contribution < 1.29 is 22.7 Å². The molecule has 0 spiro atoms. The van der Waals surface area contributed by atoms with E-state index in [1.54, 1.807) is 0 Å². The minimum absolute atomic E-state index is 0. The lowest BCUT2D eigenvalue weighted by molar-refractivity contribution is -0.137. The Balaban J connectivity index is 0.00000312. The van der Waals surface area contributed by atoms with Gasteiger partial charge in [-0.2, -0.15) is 13.2 Å². The van der Waals surface area contributed by atoms with Crippen LogP contribution in [0.4, 0.5) is 13.2 Å². The summed E-state index contributed by atoms with van der Waals surface area (Å²) < 4.78 is 43.0. The van der Waals surface area contributed by atoms with E-state index < -0.39 is 11.7 Å². The molecule has 0 atom stereocenters. The summed E-state index contributed by atoms with van der Waals surface area (Å²) in [6, 6.07) is 4.72. The van der Waals surface area contributed by atoms with E-state index in [2.05, 4.69) is 10.6 Å². The second-order valence-electron chi connectivity index (χ2n) is 5.96. The summed E-state index contributed by atoms with van der Waals surface area (Å²) in [5, 5.41) is 6.02. The fraction of sp³-hybridized carbons (Fsp3) is 0.588. The van der Waals surface area contributed by atoms with Gasteiger partial charge in [0, 0.05) is 6.42 Å². The van der Waals surface area contributed by atoms with Crippen LogP contribution in [0.1, 0.15) is 31.2 Å². The van der Waals surface area contributed by atoms with Crippen molar-refractivity contribution in [2.45, 2.75) is 31.9 Å². The van der Waals surface area contributed by atoms with Gasteiger partial charge in [-0.1, -0.05) is 6.07 Å². The summed E-state index contributed by atoms with van der Waals surface area (Å²) in [7, 11) is 0. The molecule has 0 unspecified atom stereocenters. The smallest absolute Gasteiger partial charge is 0.416 e. The second-order valence-corrected chi connectivity index (χ2v) is 5.96. The lowest BCUT2D eigenvalue weighted by Gasteiger charge is -2.22. The molecule has 1 amide bonds. The Hall–Kier alpha value is -1.47. The van der Waals surface area contributed by atoms with E-state index in [4.69, 9.17) is 4.74 Å². The van der Waals surface area contributed by atoms with E-state index in [1.807, 2.05) is 0 Å². The third kappa shape index (κ3) is 7.96. The average Bonchev–Trinajstić information content (AvgIpc) is 2.57. The molecule has 2 rings (SSSR count). The minimum atomic E-state index is -4.39. The van der Waals surface area contributed by atoms with E-state index in [-0.39, 0.29) is 37.2 Å². The van der Waals surface area contributed by atoms with Crippen molar-refractivity contribution in [3.63, 3.8) is 0 Å². The number of hydrogen-bond donors (Lipinski definition) is 2. The number of carbonyl (C=O) groups is 1. The fourth-order valence-corrected chi connectivity index (χ4v) is 2.72. The first-order chi connectivity index (χ1) is 11.4. The van der Waals surface area contributed by atoms with E-state index in [0.717, 1.165) is 44.5 Å². The van der Waals surface area contributed by atoms with Crippen molar-refractivity contribution in [3.8, 4) is 5.75 Å². The molecule has 1 saturated heterocycles. The average molecular weight is 381 g/mol. The van der Waals surface area contributed by atoms with Crippen LogP contribution in [-0.2, 0) is 11.0 Å². The highest BCUT2D eigenvalue weighted by atomic mass is 35.5. The normalized spacial score (nSPS) is 15.3.